The van der Waals surface area contributed by atoms with E-state index < -0.39 is 6.10 Å². The van der Waals surface area contributed by atoms with E-state index in [0.717, 1.165) is 64.2 Å². The van der Waals surface area contributed by atoms with Crippen molar-refractivity contribution in [3.05, 3.63) is 24.3 Å². The lowest BCUT2D eigenvalue weighted by Crippen LogP contribution is -2.30. The summed E-state index contributed by atoms with van der Waals surface area (Å²) in [5, 5.41) is 0. The summed E-state index contributed by atoms with van der Waals surface area (Å²) in [5.74, 6) is -0.881. The van der Waals surface area contributed by atoms with Crippen molar-refractivity contribution >= 4 is 17.9 Å². The average Bonchev–Trinajstić information content (AvgIpc) is 3.15. The first-order valence-corrected chi connectivity index (χ1v) is 22.8. The van der Waals surface area contributed by atoms with Crippen LogP contribution in [0.5, 0.6) is 0 Å². The van der Waals surface area contributed by atoms with E-state index in [9.17, 15) is 14.4 Å². The number of hydrogen-bond acceptors (Lipinski definition) is 6. The van der Waals surface area contributed by atoms with Gasteiger partial charge in [-0.05, 0) is 51.4 Å². The molecule has 0 aromatic heterocycles. The highest BCUT2D eigenvalue weighted by molar-refractivity contribution is 5.71. The van der Waals surface area contributed by atoms with Gasteiger partial charge >= 0.3 is 17.9 Å². The summed E-state index contributed by atoms with van der Waals surface area (Å²) in [6, 6.07) is 0. The summed E-state index contributed by atoms with van der Waals surface area (Å²) >= 11 is 0. The smallest absolute Gasteiger partial charge is 0.306 e. The minimum Gasteiger partial charge on any atom is -0.462 e. The highest BCUT2D eigenvalue weighted by Crippen LogP contribution is 2.14. The molecule has 53 heavy (non-hydrogen) atoms. The monoisotopic (exact) mass is 747 g/mol. The fourth-order valence-electron chi connectivity index (χ4n) is 6.47. The fraction of sp³-hybridized carbons (Fsp3) is 0.851. The molecule has 310 valence electrons. The van der Waals surface area contributed by atoms with Crippen LogP contribution in [-0.4, -0.2) is 37.2 Å². The van der Waals surface area contributed by atoms with Gasteiger partial charge in [0.1, 0.15) is 13.2 Å². The van der Waals surface area contributed by atoms with Crippen LogP contribution in [0.3, 0.4) is 0 Å². The van der Waals surface area contributed by atoms with E-state index in [4.69, 9.17) is 14.2 Å². The molecule has 0 bridgehead atoms. The molecule has 0 amide bonds. The van der Waals surface area contributed by atoms with Crippen LogP contribution in [0.15, 0.2) is 24.3 Å². The molecule has 0 aromatic carbocycles. The zero-order valence-electron chi connectivity index (χ0n) is 35.3. The van der Waals surface area contributed by atoms with Crippen molar-refractivity contribution in [3.8, 4) is 0 Å². The number of carbonyl (C=O) groups excluding carboxylic acids is 3. The standard InChI is InChI=1S/C47H86O6/c1-4-7-10-13-16-18-20-21-22-23-24-25-26-27-28-30-31-34-37-40-46(49)52-43-44(42-51-45(48)39-36-33-15-12-9-6-3)53-47(50)41-38-35-32-29-19-17-14-11-8-5-2/h16,18,21-22,44H,4-15,17,19-20,23-43H2,1-3H3/b18-16-,22-21-. The van der Waals surface area contributed by atoms with E-state index in [1.807, 2.05) is 0 Å². The minimum atomic E-state index is -0.763. The van der Waals surface area contributed by atoms with E-state index in [1.165, 1.54) is 135 Å². The van der Waals surface area contributed by atoms with Gasteiger partial charge in [-0.15, -0.1) is 0 Å². The molecule has 0 aliphatic heterocycles. The molecule has 0 N–H and O–H groups in total. The van der Waals surface area contributed by atoms with Gasteiger partial charge in [-0.2, -0.15) is 0 Å². The summed E-state index contributed by atoms with van der Waals surface area (Å²) < 4.78 is 16.6. The Kier molecular flexibility index (Phi) is 40.9. The molecular formula is C47H86O6. The zero-order chi connectivity index (χ0) is 38.7. The molecule has 0 aliphatic carbocycles. The van der Waals surface area contributed by atoms with E-state index in [0.29, 0.717) is 19.3 Å². The summed E-state index contributed by atoms with van der Waals surface area (Å²) in [7, 11) is 0. The lowest BCUT2D eigenvalue weighted by Gasteiger charge is -2.18. The quantitative estimate of drug-likeness (QED) is 0.0268. The number of ether oxygens (including phenoxy) is 3. The second kappa shape index (κ2) is 42.6. The maximum absolute atomic E-state index is 12.6. The molecule has 0 radical (unpaired) electrons. The Morgan fingerprint density at radius 3 is 1.08 bits per heavy atom. The molecule has 0 saturated heterocycles. The van der Waals surface area contributed by atoms with Crippen LogP contribution in [0.25, 0.3) is 0 Å². The normalized spacial score (nSPS) is 12.1. The highest BCUT2D eigenvalue weighted by Gasteiger charge is 2.19. The number of allylic oxidation sites excluding steroid dienone is 4. The van der Waals surface area contributed by atoms with Gasteiger partial charge in [-0.1, -0.05) is 193 Å². The molecule has 0 heterocycles. The first-order valence-electron chi connectivity index (χ1n) is 22.8. The molecule has 0 saturated carbocycles. The number of unbranched alkanes of at least 4 members (excludes halogenated alkanes) is 26. The predicted molar refractivity (Wildman–Crippen MR) is 224 cm³/mol. The maximum atomic E-state index is 12.6. The van der Waals surface area contributed by atoms with Gasteiger partial charge in [-0.3, -0.25) is 14.4 Å². The number of hydrogen-bond donors (Lipinski definition) is 0. The predicted octanol–water partition coefficient (Wildman–Crippen LogP) is 14.4. The van der Waals surface area contributed by atoms with Gasteiger partial charge in [0.05, 0.1) is 0 Å². The van der Waals surface area contributed by atoms with E-state index in [1.54, 1.807) is 0 Å². The summed E-state index contributed by atoms with van der Waals surface area (Å²) in [6.45, 7) is 6.54. The number of esters is 3. The minimum absolute atomic E-state index is 0.0702. The van der Waals surface area contributed by atoms with E-state index in [2.05, 4.69) is 45.1 Å². The Morgan fingerprint density at radius 1 is 0.377 bits per heavy atom. The van der Waals surface area contributed by atoms with Crippen LogP contribution in [-0.2, 0) is 28.6 Å². The second-order valence-corrected chi connectivity index (χ2v) is 15.3. The van der Waals surface area contributed by atoms with Gasteiger partial charge in [0.25, 0.3) is 0 Å². The summed E-state index contributed by atoms with van der Waals surface area (Å²) in [6.07, 6.45) is 46.1. The van der Waals surface area contributed by atoms with E-state index in [-0.39, 0.29) is 31.1 Å². The lowest BCUT2D eigenvalue weighted by atomic mass is 10.1. The topological polar surface area (TPSA) is 78.9 Å². The Bertz CT molecular complexity index is 865. The van der Waals surface area contributed by atoms with Crippen LogP contribution in [0.1, 0.15) is 239 Å². The van der Waals surface area contributed by atoms with Crippen LogP contribution in [0.2, 0.25) is 0 Å². The van der Waals surface area contributed by atoms with Gasteiger partial charge in [0, 0.05) is 19.3 Å². The number of rotatable bonds is 41. The van der Waals surface area contributed by atoms with Crippen molar-refractivity contribution in [2.24, 2.45) is 0 Å². The van der Waals surface area contributed by atoms with Crippen molar-refractivity contribution in [2.45, 2.75) is 245 Å². The van der Waals surface area contributed by atoms with Crippen LogP contribution < -0.4 is 0 Å². The Labute approximate surface area is 328 Å². The summed E-state index contributed by atoms with van der Waals surface area (Å²) in [4.78, 5) is 37.5. The molecule has 0 fully saturated rings. The van der Waals surface area contributed by atoms with Crippen molar-refractivity contribution in [3.63, 3.8) is 0 Å². The van der Waals surface area contributed by atoms with Crippen molar-refractivity contribution in [2.75, 3.05) is 13.2 Å². The van der Waals surface area contributed by atoms with Crippen LogP contribution >= 0.6 is 0 Å². The third-order valence-corrected chi connectivity index (χ3v) is 9.96. The Morgan fingerprint density at radius 2 is 0.679 bits per heavy atom. The number of carbonyl (C=O) groups is 3. The molecule has 6 nitrogen and oxygen atoms in total. The lowest BCUT2D eigenvalue weighted by molar-refractivity contribution is -0.167. The van der Waals surface area contributed by atoms with Gasteiger partial charge in [0.15, 0.2) is 6.10 Å². The van der Waals surface area contributed by atoms with Crippen LogP contribution in [0.4, 0.5) is 0 Å². The zero-order valence-corrected chi connectivity index (χ0v) is 35.3. The van der Waals surface area contributed by atoms with E-state index >= 15 is 0 Å². The third kappa shape index (κ3) is 40.9. The van der Waals surface area contributed by atoms with Crippen molar-refractivity contribution in [1.29, 1.82) is 0 Å². The van der Waals surface area contributed by atoms with Gasteiger partial charge in [0.2, 0.25) is 0 Å². The first kappa shape index (κ1) is 50.9. The first-order chi connectivity index (χ1) is 26.0. The Balaban J connectivity index is 4.17. The molecular weight excluding hydrogens is 661 g/mol. The Hall–Kier alpha value is -2.11. The molecule has 0 aromatic rings. The SMILES string of the molecule is CCCCC/C=C\C/C=C\CCCCCCCCCCCC(=O)OCC(COC(=O)CCCCCCCC)OC(=O)CCCCCCCCCCCC. The molecule has 1 unspecified atom stereocenters. The highest BCUT2D eigenvalue weighted by atomic mass is 16.6. The molecule has 1 atom stereocenters. The third-order valence-electron chi connectivity index (χ3n) is 9.96. The van der Waals surface area contributed by atoms with Crippen LogP contribution in [0, 0.1) is 0 Å². The maximum Gasteiger partial charge on any atom is 0.306 e. The molecule has 0 rings (SSSR count). The molecule has 0 aliphatic rings. The summed E-state index contributed by atoms with van der Waals surface area (Å²) in [5.41, 5.74) is 0. The largest absolute Gasteiger partial charge is 0.462 e. The fourth-order valence-corrected chi connectivity index (χ4v) is 6.47. The average molecular weight is 747 g/mol. The van der Waals surface area contributed by atoms with Gasteiger partial charge < -0.3 is 14.2 Å². The second-order valence-electron chi connectivity index (χ2n) is 15.3. The molecule has 6 heteroatoms. The van der Waals surface area contributed by atoms with Crippen molar-refractivity contribution in [1.82, 2.24) is 0 Å². The van der Waals surface area contributed by atoms with Crippen molar-refractivity contribution < 1.29 is 28.6 Å². The molecule has 0 spiro atoms. The van der Waals surface area contributed by atoms with Gasteiger partial charge in [-0.25, -0.2) is 0 Å².